The van der Waals surface area contributed by atoms with E-state index in [1.807, 2.05) is 0 Å². The van der Waals surface area contributed by atoms with Crippen LogP contribution in [-0.2, 0) is 5.41 Å². The van der Waals surface area contributed by atoms with Gasteiger partial charge in [0, 0.05) is 16.7 Å². The lowest BCUT2D eigenvalue weighted by Gasteiger charge is -2.31. The lowest BCUT2D eigenvalue weighted by Crippen LogP contribution is -2.26. The van der Waals surface area contributed by atoms with E-state index in [-0.39, 0.29) is 0 Å². The third-order valence-corrected chi connectivity index (χ3v) is 13.9. The highest BCUT2D eigenvalue weighted by atomic mass is 15.0. The van der Waals surface area contributed by atoms with Gasteiger partial charge in [0.1, 0.15) is 0 Å². The predicted octanol–water partition coefficient (Wildman–Crippen LogP) is 15.0. The Kier molecular flexibility index (Phi) is 7.04. The Morgan fingerprint density at radius 3 is 1.17 bits per heavy atom. The van der Waals surface area contributed by atoms with E-state index < -0.39 is 5.41 Å². The lowest BCUT2D eigenvalue weighted by molar-refractivity contribution is 0.795. The van der Waals surface area contributed by atoms with E-state index in [1.54, 1.807) is 0 Å². The minimum atomic E-state index is -0.565. The molecule has 3 heteroatoms. The summed E-state index contributed by atoms with van der Waals surface area (Å²) < 4.78 is 0. The van der Waals surface area contributed by atoms with E-state index >= 15 is 0 Å². The first-order chi connectivity index (χ1) is 31.2. The zero-order chi connectivity index (χ0) is 41.2. The minimum Gasteiger partial charge on any atom is -0.208 e. The highest BCUT2D eigenvalue weighted by Gasteiger charge is 2.52. The van der Waals surface area contributed by atoms with Crippen molar-refractivity contribution in [3.8, 4) is 56.4 Å². The van der Waals surface area contributed by atoms with Gasteiger partial charge >= 0.3 is 0 Å². The number of rotatable bonds is 3. The number of hydrogen-bond donors (Lipinski definition) is 0. The molecule has 0 amide bonds. The van der Waals surface area contributed by atoms with Crippen molar-refractivity contribution < 1.29 is 0 Å². The molecule has 2 aliphatic carbocycles. The molecule has 0 N–H and O–H groups in total. The first-order valence-corrected chi connectivity index (χ1v) is 21.7. The van der Waals surface area contributed by atoms with Crippen molar-refractivity contribution in [2.75, 3.05) is 0 Å². The molecule has 63 heavy (non-hydrogen) atoms. The third kappa shape index (κ3) is 4.82. The van der Waals surface area contributed by atoms with Gasteiger partial charge in [-0.05, 0) is 129 Å². The molecule has 12 aromatic rings. The van der Waals surface area contributed by atoms with Crippen LogP contribution >= 0.6 is 0 Å². The maximum Gasteiger partial charge on any atom is 0.164 e. The minimum absolute atomic E-state index is 0.565. The highest BCUT2D eigenvalue weighted by Crippen LogP contribution is 2.64. The first-order valence-electron chi connectivity index (χ1n) is 21.7. The largest absolute Gasteiger partial charge is 0.208 e. The second-order valence-corrected chi connectivity index (χ2v) is 17.1. The Morgan fingerprint density at radius 2 is 0.619 bits per heavy atom. The van der Waals surface area contributed by atoms with Gasteiger partial charge in [-0.2, -0.15) is 0 Å². The van der Waals surface area contributed by atoms with Crippen LogP contribution in [0.4, 0.5) is 0 Å². The van der Waals surface area contributed by atoms with Crippen molar-refractivity contribution in [3.63, 3.8) is 0 Å². The molecular formula is C60H35N3. The Bertz CT molecular complexity index is 3840. The van der Waals surface area contributed by atoms with Crippen molar-refractivity contribution in [2.45, 2.75) is 5.41 Å². The molecular weight excluding hydrogens is 763 g/mol. The summed E-state index contributed by atoms with van der Waals surface area (Å²) >= 11 is 0. The van der Waals surface area contributed by atoms with Crippen LogP contribution in [0, 0.1) is 0 Å². The summed E-state index contributed by atoms with van der Waals surface area (Å²) in [5.41, 5.74) is 12.5. The van der Waals surface area contributed by atoms with Gasteiger partial charge in [-0.15, -0.1) is 0 Å². The molecule has 0 saturated heterocycles. The summed E-state index contributed by atoms with van der Waals surface area (Å²) in [6.45, 7) is 0. The van der Waals surface area contributed by atoms with Crippen molar-refractivity contribution >= 4 is 53.9 Å². The standard InChI is InChI=1S/C60H35N3/c1-3-15-38-31-40(27-25-36(38)13-1)57-61-58(41-28-26-37-14-2-4-16-39(37)32-41)63-59(62-57)42-29-30-49-47-21-9-11-23-53(47)60(55(49)33-42)54-24-12-10-22-48(54)52-34-50-45-19-7-5-17-43(45)44-18-6-8-20-46(44)51(50)35-56(52)60/h1-35H. The SMILES string of the molecule is c1ccc2c(c1)-c1ccc(-c3nc(-c4ccc5ccccc5c4)nc(-c4ccc5ccccc5c4)n3)cc1C21c2ccccc2-c2cc3c4ccccc4c4ccccc4c3cc21. The molecule has 1 aromatic heterocycles. The Hall–Kier alpha value is -8.27. The highest BCUT2D eigenvalue weighted by molar-refractivity contribution is 6.26. The van der Waals surface area contributed by atoms with Gasteiger partial charge in [0.05, 0.1) is 5.41 Å². The molecule has 0 radical (unpaired) electrons. The van der Waals surface area contributed by atoms with Crippen molar-refractivity contribution in [1.82, 2.24) is 15.0 Å². The van der Waals surface area contributed by atoms with Gasteiger partial charge in [-0.3, -0.25) is 0 Å². The van der Waals surface area contributed by atoms with Gasteiger partial charge in [-0.1, -0.05) is 182 Å². The van der Waals surface area contributed by atoms with E-state index in [2.05, 4.69) is 212 Å². The number of hydrogen-bond acceptors (Lipinski definition) is 3. The summed E-state index contributed by atoms with van der Waals surface area (Å²) in [5.74, 6) is 1.94. The second-order valence-electron chi connectivity index (χ2n) is 17.1. The summed E-state index contributed by atoms with van der Waals surface area (Å²) in [6.07, 6.45) is 0. The molecule has 0 saturated carbocycles. The van der Waals surface area contributed by atoms with Crippen LogP contribution in [0.25, 0.3) is 110 Å². The molecule has 11 aromatic carbocycles. The zero-order valence-corrected chi connectivity index (χ0v) is 34.0. The van der Waals surface area contributed by atoms with E-state index in [1.165, 1.54) is 87.6 Å². The first kappa shape index (κ1) is 34.4. The summed E-state index contributed by atoms with van der Waals surface area (Å²) in [7, 11) is 0. The number of aromatic nitrogens is 3. The van der Waals surface area contributed by atoms with E-state index in [0.29, 0.717) is 17.5 Å². The van der Waals surface area contributed by atoms with Gasteiger partial charge in [0.25, 0.3) is 0 Å². The Labute approximate surface area is 363 Å². The van der Waals surface area contributed by atoms with Crippen molar-refractivity contribution in [3.05, 3.63) is 235 Å². The van der Waals surface area contributed by atoms with E-state index in [9.17, 15) is 0 Å². The van der Waals surface area contributed by atoms with E-state index in [0.717, 1.165) is 27.5 Å². The average molecular weight is 798 g/mol. The Balaban J connectivity index is 1.05. The Morgan fingerprint density at radius 1 is 0.238 bits per heavy atom. The normalized spacial score (nSPS) is 14.7. The second kappa shape index (κ2) is 12.9. The van der Waals surface area contributed by atoms with Gasteiger partial charge in [-0.25, -0.2) is 15.0 Å². The quantitative estimate of drug-likeness (QED) is 0.167. The monoisotopic (exact) mass is 797 g/mol. The molecule has 1 spiro atoms. The fourth-order valence-corrected chi connectivity index (χ4v) is 11.1. The lowest BCUT2D eigenvalue weighted by atomic mass is 9.70. The van der Waals surface area contributed by atoms with Gasteiger partial charge < -0.3 is 0 Å². The smallest absolute Gasteiger partial charge is 0.164 e. The molecule has 3 nitrogen and oxygen atoms in total. The van der Waals surface area contributed by atoms with Crippen molar-refractivity contribution in [1.29, 1.82) is 0 Å². The van der Waals surface area contributed by atoms with Crippen LogP contribution in [0.5, 0.6) is 0 Å². The van der Waals surface area contributed by atoms with Crippen LogP contribution in [0.3, 0.4) is 0 Å². The third-order valence-electron chi connectivity index (χ3n) is 13.9. The number of benzene rings is 11. The summed E-state index contributed by atoms with van der Waals surface area (Å²) in [6, 6.07) is 77.6. The fourth-order valence-electron chi connectivity index (χ4n) is 11.1. The molecule has 290 valence electrons. The van der Waals surface area contributed by atoms with Gasteiger partial charge in [0.2, 0.25) is 0 Å². The molecule has 2 aliphatic rings. The van der Waals surface area contributed by atoms with Gasteiger partial charge in [0.15, 0.2) is 17.5 Å². The van der Waals surface area contributed by atoms with E-state index in [4.69, 9.17) is 15.0 Å². The van der Waals surface area contributed by atoms with Crippen LogP contribution in [-0.4, -0.2) is 15.0 Å². The topological polar surface area (TPSA) is 38.7 Å². The molecule has 1 unspecified atom stereocenters. The molecule has 1 heterocycles. The number of nitrogens with zero attached hydrogens (tertiary/aromatic N) is 3. The molecule has 0 bridgehead atoms. The molecule has 1 atom stereocenters. The summed E-state index contributed by atoms with van der Waals surface area (Å²) in [5, 5.41) is 12.3. The molecule has 0 fully saturated rings. The predicted molar refractivity (Wildman–Crippen MR) is 260 cm³/mol. The molecule has 0 aliphatic heterocycles. The zero-order valence-electron chi connectivity index (χ0n) is 34.0. The van der Waals surface area contributed by atoms with Crippen molar-refractivity contribution in [2.24, 2.45) is 0 Å². The summed E-state index contributed by atoms with van der Waals surface area (Å²) in [4.78, 5) is 15.9. The number of fused-ring (bicyclic) bond motifs is 18. The maximum absolute atomic E-state index is 5.33. The van der Waals surface area contributed by atoms with Crippen LogP contribution in [0.15, 0.2) is 212 Å². The molecule has 14 rings (SSSR count). The van der Waals surface area contributed by atoms with Crippen LogP contribution < -0.4 is 0 Å². The van der Waals surface area contributed by atoms with Crippen LogP contribution in [0.1, 0.15) is 22.3 Å². The maximum atomic E-state index is 5.33. The average Bonchev–Trinajstić information content (AvgIpc) is 3.82. The van der Waals surface area contributed by atoms with Crippen LogP contribution in [0.2, 0.25) is 0 Å². The fraction of sp³-hybridized carbons (Fsp3) is 0.0167.